The zero-order valence-electron chi connectivity index (χ0n) is 45.6. The molecular formula is C61H86O13. The van der Waals surface area contributed by atoms with Crippen LogP contribution in [0.1, 0.15) is 133 Å². The lowest BCUT2D eigenvalue weighted by Crippen LogP contribution is -2.49. The van der Waals surface area contributed by atoms with Gasteiger partial charge in [-0.1, -0.05) is 20.8 Å². The molecule has 28 unspecified atom stereocenters. The van der Waals surface area contributed by atoms with Crippen LogP contribution in [0.5, 0.6) is 0 Å². The van der Waals surface area contributed by atoms with Gasteiger partial charge < -0.3 is 33.5 Å². The van der Waals surface area contributed by atoms with E-state index in [1.807, 2.05) is 62.3 Å². The van der Waals surface area contributed by atoms with Crippen molar-refractivity contribution < 1.29 is 62.3 Å². The van der Waals surface area contributed by atoms with Crippen LogP contribution in [0.4, 0.5) is 0 Å². The number of fused-ring (bicyclic) bond motifs is 36. The largest absolute Gasteiger partial charge is 0.465 e. The average molecular weight is 1030 g/mol. The number of hydrogen-bond acceptors (Lipinski definition) is 13. The predicted molar refractivity (Wildman–Crippen MR) is 266 cm³/mol. The molecule has 74 heavy (non-hydrogen) atoms. The first-order valence-electron chi connectivity index (χ1n) is 30.0. The van der Waals surface area contributed by atoms with Crippen LogP contribution in [0, 0.1) is 164 Å². The van der Waals surface area contributed by atoms with Gasteiger partial charge in [0.05, 0.1) is 53.8 Å². The SMILES string of the molecule is CCC(C)(C)C(=O)OC1C(CO)C2CC1C1C3CC(C4COC(=O)C43)C21.CCC(C)(C)C(=O)OC1CC2CC1C1C3CC(C4C(=O)OCC34)C21.CCC(C)(C)C(=O)OC1CC2CC1C1C3CC(C4COC(=O)C43)C21. The van der Waals surface area contributed by atoms with Gasteiger partial charge in [0, 0.05) is 36.2 Å². The number of carbonyl (C=O) groups excluding carboxylic acids is 6. The maximum Gasteiger partial charge on any atom is 0.311 e. The monoisotopic (exact) mass is 1030 g/mol. The highest BCUT2D eigenvalue weighted by atomic mass is 16.6. The molecule has 0 aromatic heterocycles. The third-order valence-corrected chi connectivity index (χ3v) is 25.9. The molecule has 15 aliphatic rings. The minimum atomic E-state index is -0.490. The number of aliphatic hydroxyl groups is 1. The van der Waals surface area contributed by atoms with Gasteiger partial charge in [-0.05, 0) is 213 Å². The zero-order chi connectivity index (χ0) is 52.0. The van der Waals surface area contributed by atoms with Gasteiger partial charge in [-0.3, -0.25) is 28.8 Å². The molecule has 1 N–H and O–H groups in total. The van der Waals surface area contributed by atoms with Crippen LogP contribution >= 0.6 is 0 Å². The molecule has 0 spiro atoms. The summed E-state index contributed by atoms with van der Waals surface area (Å²) in [5, 5.41) is 10.1. The summed E-state index contributed by atoms with van der Waals surface area (Å²) < 4.78 is 34.2. The van der Waals surface area contributed by atoms with Crippen LogP contribution in [0.3, 0.4) is 0 Å². The molecule has 13 heteroatoms. The van der Waals surface area contributed by atoms with Crippen molar-refractivity contribution >= 4 is 35.8 Å². The first-order valence-corrected chi connectivity index (χ1v) is 30.0. The van der Waals surface area contributed by atoms with E-state index >= 15 is 0 Å². The summed E-state index contributed by atoms with van der Waals surface area (Å²) in [6.07, 6.45) is 11.5. The Balaban J connectivity index is 0.000000107. The highest BCUT2D eigenvalue weighted by Crippen LogP contribution is 2.75. The summed E-state index contributed by atoms with van der Waals surface area (Å²) in [5.41, 5.74) is -1.26. The molecule has 3 saturated heterocycles. The Morgan fingerprint density at radius 1 is 0.432 bits per heavy atom. The van der Waals surface area contributed by atoms with Crippen molar-refractivity contribution in [3.8, 4) is 0 Å². The van der Waals surface area contributed by atoms with Gasteiger partial charge in [-0.15, -0.1) is 0 Å². The molecule has 15 fully saturated rings. The molecule has 12 aliphatic carbocycles. The van der Waals surface area contributed by atoms with Crippen LogP contribution in [-0.2, 0) is 57.2 Å². The molecular weight excluding hydrogens is 941 g/mol. The van der Waals surface area contributed by atoms with Crippen molar-refractivity contribution in [2.24, 2.45) is 164 Å². The van der Waals surface area contributed by atoms with Gasteiger partial charge in [0.1, 0.15) is 18.3 Å². The Morgan fingerprint density at radius 3 is 1.19 bits per heavy atom. The lowest BCUT2D eigenvalue weighted by Gasteiger charge is -2.45. The van der Waals surface area contributed by atoms with Crippen molar-refractivity contribution in [2.45, 2.75) is 151 Å². The Bertz CT molecular complexity index is 2340. The average Bonchev–Trinajstić information content (AvgIpc) is 4.21. The Labute approximate surface area is 438 Å². The van der Waals surface area contributed by atoms with Crippen molar-refractivity contribution in [2.75, 3.05) is 26.4 Å². The van der Waals surface area contributed by atoms with Gasteiger partial charge in [0.2, 0.25) is 0 Å². The molecule has 0 aromatic carbocycles. The second-order valence-corrected chi connectivity index (χ2v) is 29.3. The lowest BCUT2D eigenvalue weighted by atomic mass is 9.61. The molecule has 15 rings (SSSR count). The number of ether oxygens (including phenoxy) is 6. The second-order valence-electron chi connectivity index (χ2n) is 29.3. The maximum absolute atomic E-state index is 12.7. The predicted octanol–water partition coefficient (Wildman–Crippen LogP) is 8.35. The highest BCUT2D eigenvalue weighted by Gasteiger charge is 2.75. The van der Waals surface area contributed by atoms with Crippen LogP contribution in [-0.4, -0.2) is 85.7 Å². The second kappa shape index (κ2) is 17.4. The van der Waals surface area contributed by atoms with E-state index in [1.54, 1.807) is 0 Å². The molecule has 0 radical (unpaired) electrons. The molecule has 28 atom stereocenters. The molecule has 408 valence electrons. The quantitative estimate of drug-likeness (QED) is 0.126. The third-order valence-electron chi connectivity index (χ3n) is 25.9. The topological polar surface area (TPSA) is 178 Å². The van der Waals surface area contributed by atoms with Crippen LogP contribution in [0.15, 0.2) is 0 Å². The van der Waals surface area contributed by atoms with E-state index in [1.165, 1.54) is 25.7 Å². The Hall–Kier alpha value is -3.22. The molecule has 0 aromatic rings. The summed E-state index contributed by atoms with van der Waals surface area (Å²) in [6, 6.07) is 0. The summed E-state index contributed by atoms with van der Waals surface area (Å²) in [7, 11) is 0. The van der Waals surface area contributed by atoms with E-state index in [-0.39, 0.29) is 89.8 Å². The molecule has 3 aliphatic heterocycles. The van der Waals surface area contributed by atoms with E-state index in [0.717, 1.165) is 50.9 Å². The number of aliphatic hydroxyl groups excluding tert-OH is 1. The minimum absolute atomic E-state index is 0.00286. The van der Waals surface area contributed by atoms with E-state index in [9.17, 15) is 33.9 Å². The molecule has 3 heterocycles. The maximum atomic E-state index is 12.7. The minimum Gasteiger partial charge on any atom is -0.465 e. The normalized spacial score (nSPS) is 50.8. The fourth-order valence-corrected chi connectivity index (χ4v) is 21.8. The fourth-order valence-electron chi connectivity index (χ4n) is 21.8. The fraction of sp³-hybridized carbons (Fsp3) is 0.902. The Morgan fingerprint density at radius 2 is 0.770 bits per heavy atom. The van der Waals surface area contributed by atoms with E-state index < -0.39 is 10.8 Å². The molecule has 12 bridgehead atoms. The zero-order valence-corrected chi connectivity index (χ0v) is 45.6. The van der Waals surface area contributed by atoms with Crippen molar-refractivity contribution in [3.63, 3.8) is 0 Å². The summed E-state index contributed by atoms with van der Waals surface area (Å²) >= 11 is 0. The first kappa shape index (κ1) is 50.3. The number of esters is 6. The van der Waals surface area contributed by atoms with E-state index in [0.29, 0.717) is 138 Å². The number of cyclic esters (lactones) is 3. The van der Waals surface area contributed by atoms with E-state index in [4.69, 9.17) is 28.4 Å². The molecule has 0 amide bonds. The standard InChI is InChI=1S/C21H30O5.2C20H28O4/c1-4-21(2,3)20(24)26-18-12-6-9(13(18)7-22)15-10-5-11(16(12)15)17-14(10)8-25-19(17)23;1-4-20(2,3)19(22)24-14-6-9-5-11(14)16-10-7-12(15(9)16)17-13(10)8-23-18(17)21;1-4-20(2,3)19(22)24-14-6-9-5-11(14)16-12-7-10(15(9)16)13-8-23-18(21)17(12)13/h9-18,22H,4-8H2,1-3H3;2*9-17H,4-8H2,1-3H3. The van der Waals surface area contributed by atoms with Crippen LogP contribution < -0.4 is 0 Å². The van der Waals surface area contributed by atoms with Gasteiger partial charge in [0.15, 0.2) is 0 Å². The van der Waals surface area contributed by atoms with Crippen molar-refractivity contribution in [1.29, 1.82) is 0 Å². The first-order chi connectivity index (χ1) is 35.2. The van der Waals surface area contributed by atoms with Gasteiger partial charge in [-0.2, -0.15) is 0 Å². The van der Waals surface area contributed by atoms with Crippen molar-refractivity contribution in [1.82, 2.24) is 0 Å². The molecule has 13 nitrogen and oxygen atoms in total. The Kier molecular flexibility index (Phi) is 11.8. The number of rotatable bonds is 10. The number of hydrogen-bond donors (Lipinski definition) is 1. The van der Waals surface area contributed by atoms with E-state index in [2.05, 4.69) is 0 Å². The lowest BCUT2D eigenvalue weighted by molar-refractivity contribution is -0.172. The summed E-state index contributed by atoms with van der Waals surface area (Å²) in [5.74, 6) is 12.0. The van der Waals surface area contributed by atoms with Gasteiger partial charge in [0.25, 0.3) is 0 Å². The van der Waals surface area contributed by atoms with Gasteiger partial charge >= 0.3 is 35.8 Å². The smallest absolute Gasteiger partial charge is 0.311 e. The highest BCUT2D eigenvalue weighted by molar-refractivity contribution is 5.79. The summed E-state index contributed by atoms with van der Waals surface area (Å²) in [6.45, 7) is 19.8. The van der Waals surface area contributed by atoms with Gasteiger partial charge in [-0.25, -0.2) is 0 Å². The van der Waals surface area contributed by atoms with Crippen LogP contribution in [0.2, 0.25) is 0 Å². The van der Waals surface area contributed by atoms with Crippen molar-refractivity contribution in [3.05, 3.63) is 0 Å². The molecule has 12 saturated carbocycles. The summed E-state index contributed by atoms with van der Waals surface area (Å²) in [4.78, 5) is 74.2. The number of carbonyl (C=O) groups is 6. The third kappa shape index (κ3) is 6.98. The van der Waals surface area contributed by atoms with Crippen LogP contribution in [0.25, 0.3) is 0 Å².